The lowest BCUT2D eigenvalue weighted by molar-refractivity contribution is -0.382. The summed E-state index contributed by atoms with van der Waals surface area (Å²) < 4.78 is 147. The molecule has 1 aromatic carbocycles. The molecule has 0 atom stereocenters. The van der Waals surface area contributed by atoms with Gasteiger partial charge in [0.15, 0.2) is 5.75 Å². The molecule has 0 aliphatic carbocycles. The van der Waals surface area contributed by atoms with Crippen molar-refractivity contribution < 1.29 is 61.6 Å². The minimum Gasteiger partial charge on any atom is -0.462 e. The molecule has 1 aromatic rings. The lowest BCUT2D eigenvalue weighted by Crippen LogP contribution is -2.63. The number of carbonyl (C=O) groups is 1. The average molecular weight is 448 g/mol. The number of hydrogen-bond donors (Lipinski definition) is 0. The maximum atomic E-state index is 13.6. The van der Waals surface area contributed by atoms with E-state index in [1.165, 1.54) is 6.92 Å². The van der Waals surface area contributed by atoms with Gasteiger partial charge in [-0.05, 0) is 19.1 Å². The van der Waals surface area contributed by atoms with E-state index in [0.717, 1.165) is 18.2 Å². The van der Waals surface area contributed by atoms with Gasteiger partial charge in [-0.3, -0.25) is 0 Å². The Labute approximate surface area is 151 Å². The van der Waals surface area contributed by atoms with Crippen LogP contribution in [-0.2, 0) is 14.9 Å². The zero-order valence-corrected chi connectivity index (χ0v) is 14.2. The number of alkyl halides is 9. The molecule has 0 amide bonds. The van der Waals surface area contributed by atoms with Gasteiger partial charge in [-0.15, -0.1) is 0 Å². The number of halogens is 9. The second kappa shape index (κ2) is 7.33. The number of carbonyl (C=O) groups excluding carboxylic acids is 1. The first kappa shape index (κ1) is 23.8. The van der Waals surface area contributed by atoms with Gasteiger partial charge in [-0.25, -0.2) is 4.79 Å². The fraction of sp³-hybridized carbons (Fsp3) is 0.462. The van der Waals surface area contributed by atoms with Crippen LogP contribution in [0, 0.1) is 0 Å². The summed E-state index contributed by atoms with van der Waals surface area (Å²) in [5, 5.41) is -7.04. The molecule has 15 heteroatoms. The highest BCUT2D eigenvalue weighted by atomic mass is 32.2. The van der Waals surface area contributed by atoms with Gasteiger partial charge in [0.05, 0.1) is 6.61 Å². The molecule has 0 bridgehead atoms. The first-order valence-corrected chi connectivity index (χ1v) is 8.25. The van der Waals surface area contributed by atoms with E-state index in [-0.39, 0.29) is 6.61 Å². The van der Waals surface area contributed by atoms with E-state index < -0.39 is 50.7 Å². The van der Waals surface area contributed by atoms with Gasteiger partial charge in [0.1, 0.15) is 5.56 Å². The van der Waals surface area contributed by atoms with Gasteiger partial charge in [-0.1, -0.05) is 12.1 Å². The predicted octanol–water partition coefficient (Wildman–Crippen LogP) is 4.00. The second-order valence-electron chi connectivity index (χ2n) is 4.92. The normalized spacial score (nSPS) is 13.9. The summed E-state index contributed by atoms with van der Waals surface area (Å²) in [6.07, 6.45) is -7.21. The van der Waals surface area contributed by atoms with Crippen LogP contribution >= 0.6 is 0 Å². The van der Waals surface area contributed by atoms with Gasteiger partial charge in [0, 0.05) is 0 Å². The summed E-state index contributed by atoms with van der Waals surface area (Å²) in [5.41, 5.74) is -0.894. The number of benzene rings is 1. The highest BCUT2D eigenvalue weighted by Crippen LogP contribution is 2.55. The van der Waals surface area contributed by atoms with E-state index >= 15 is 0 Å². The van der Waals surface area contributed by atoms with Crippen LogP contribution in [0.4, 0.5) is 39.5 Å². The van der Waals surface area contributed by atoms with Gasteiger partial charge in [-0.2, -0.15) is 47.9 Å². The molecule has 0 radical (unpaired) electrons. The van der Waals surface area contributed by atoms with Crippen molar-refractivity contribution in [3.63, 3.8) is 0 Å². The zero-order chi connectivity index (χ0) is 22.2. The Bertz CT molecular complexity index is 833. The largest absolute Gasteiger partial charge is 0.462 e. The van der Waals surface area contributed by atoms with Crippen LogP contribution in [0.25, 0.3) is 0 Å². The van der Waals surface area contributed by atoms with Crippen LogP contribution in [0.15, 0.2) is 24.3 Å². The van der Waals surface area contributed by atoms with Crippen molar-refractivity contribution >= 4 is 16.1 Å². The monoisotopic (exact) mass is 448 g/mol. The van der Waals surface area contributed by atoms with Gasteiger partial charge in [0.2, 0.25) is 0 Å². The highest BCUT2D eigenvalue weighted by Gasteiger charge is 2.86. The smallest absolute Gasteiger partial charge is 0.460 e. The van der Waals surface area contributed by atoms with E-state index in [2.05, 4.69) is 8.92 Å². The molecule has 0 N–H and O–H groups in total. The number of rotatable bonds is 7. The SMILES string of the molecule is CCOC(=O)c1ccccc1OS(=O)(=O)C(F)(F)C(F)(F)C(F)(F)C(F)(F)F. The Morgan fingerprint density at radius 3 is 1.89 bits per heavy atom. The zero-order valence-electron chi connectivity index (χ0n) is 13.4. The van der Waals surface area contributed by atoms with E-state index in [9.17, 15) is 52.7 Å². The predicted molar refractivity (Wildman–Crippen MR) is 72.8 cm³/mol. The molecule has 0 heterocycles. The van der Waals surface area contributed by atoms with Gasteiger partial charge in [0.25, 0.3) is 0 Å². The van der Waals surface area contributed by atoms with Crippen molar-refractivity contribution in [3.05, 3.63) is 29.8 Å². The number of esters is 1. The quantitative estimate of drug-likeness (QED) is 0.359. The molecule has 28 heavy (non-hydrogen) atoms. The Morgan fingerprint density at radius 2 is 1.43 bits per heavy atom. The minimum atomic E-state index is -7.45. The second-order valence-corrected chi connectivity index (χ2v) is 6.51. The Balaban J connectivity index is 3.43. The average Bonchev–Trinajstić information content (AvgIpc) is 2.53. The van der Waals surface area contributed by atoms with Crippen LogP contribution < -0.4 is 4.18 Å². The number of para-hydroxylation sites is 1. The lowest BCUT2D eigenvalue weighted by atomic mass is 10.1. The fourth-order valence-corrected chi connectivity index (χ4v) is 2.53. The Hall–Kier alpha value is -2.19. The third kappa shape index (κ3) is 3.84. The molecule has 160 valence electrons. The van der Waals surface area contributed by atoms with Crippen molar-refractivity contribution in [2.24, 2.45) is 0 Å². The number of hydrogen-bond acceptors (Lipinski definition) is 5. The van der Waals surface area contributed by atoms with Crippen molar-refractivity contribution in [1.82, 2.24) is 0 Å². The van der Waals surface area contributed by atoms with Crippen molar-refractivity contribution in [3.8, 4) is 5.75 Å². The molecule has 0 unspecified atom stereocenters. The topological polar surface area (TPSA) is 69.7 Å². The number of ether oxygens (including phenoxy) is 1. The molecular weight excluding hydrogens is 439 g/mol. The molecule has 0 aliphatic rings. The van der Waals surface area contributed by atoms with Crippen LogP contribution in [0.5, 0.6) is 5.75 Å². The van der Waals surface area contributed by atoms with Gasteiger partial charge >= 0.3 is 39.4 Å². The Kier molecular flexibility index (Phi) is 6.24. The summed E-state index contributed by atoms with van der Waals surface area (Å²) in [6, 6.07) is 3.13. The standard InChI is InChI=1S/C13H9F9O5S/c1-2-26-9(23)7-5-3-4-6-8(7)27-28(24,25)13(21,22)11(16,17)10(14,15)12(18,19)20/h3-6H,2H2,1H3. The minimum absolute atomic E-state index is 0.300. The molecule has 0 spiro atoms. The molecule has 0 aliphatic heterocycles. The van der Waals surface area contributed by atoms with Crippen LogP contribution in [0.3, 0.4) is 0 Å². The van der Waals surface area contributed by atoms with E-state index in [0.29, 0.717) is 6.07 Å². The molecule has 0 saturated carbocycles. The Morgan fingerprint density at radius 1 is 0.929 bits per heavy atom. The highest BCUT2D eigenvalue weighted by molar-refractivity contribution is 7.88. The summed E-state index contributed by atoms with van der Waals surface area (Å²) in [4.78, 5) is 11.6. The third-order valence-electron chi connectivity index (χ3n) is 3.01. The summed E-state index contributed by atoms with van der Waals surface area (Å²) in [7, 11) is -7.16. The summed E-state index contributed by atoms with van der Waals surface area (Å²) >= 11 is 0. The maximum Gasteiger partial charge on any atom is 0.460 e. The molecular formula is C13H9F9O5S. The molecule has 0 saturated heterocycles. The molecule has 0 aromatic heterocycles. The van der Waals surface area contributed by atoms with Crippen molar-refractivity contribution in [2.45, 2.75) is 30.2 Å². The van der Waals surface area contributed by atoms with Crippen LogP contribution in [0.2, 0.25) is 0 Å². The van der Waals surface area contributed by atoms with E-state index in [4.69, 9.17) is 0 Å². The first-order valence-electron chi connectivity index (χ1n) is 6.84. The first-order chi connectivity index (χ1) is 12.4. The van der Waals surface area contributed by atoms with Gasteiger partial charge < -0.3 is 8.92 Å². The molecule has 1 rings (SSSR count). The van der Waals surface area contributed by atoms with Crippen molar-refractivity contribution in [1.29, 1.82) is 0 Å². The molecule has 0 fully saturated rings. The summed E-state index contributed by atoms with van der Waals surface area (Å²) in [6.45, 7) is 0.984. The van der Waals surface area contributed by atoms with Crippen LogP contribution in [-0.4, -0.2) is 44.3 Å². The van der Waals surface area contributed by atoms with Crippen molar-refractivity contribution in [2.75, 3.05) is 6.61 Å². The third-order valence-corrected chi connectivity index (χ3v) is 4.30. The van der Waals surface area contributed by atoms with E-state index in [1.54, 1.807) is 0 Å². The van der Waals surface area contributed by atoms with Crippen LogP contribution in [0.1, 0.15) is 17.3 Å². The lowest BCUT2D eigenvalue weighted by Gasteiger charge is -2.32. The van der Waals surface area contributed by atoms with E-state index in [1.807, 2.05) is 0 Å². The fourth-order valence-electron chi connectivity index (χ4n) is 1.61. The molecule has 5 nitrogen and oxygen atoms in total. The summed E-state index contributed by atoms with van der Waals surface area (Å²) in [5.74, 6) is -17.6. The maximum absolute atomic E-state index is 13.6.